The molecule has 1 fully saturated rings. The van der Waals surface area contributed by atoms with E-state index in [-0.39, 0.29) is 31.0 Å². The quantitative estimate of drug-likeness (QED) is 0.895. The molecule has 1 aliphatic rings. The van der Waals surface area contributed by atoms with Gasteiger partial charge < -0.3 is 9.84 Å². The van der Waals surface area contributed by atoms with Gasteiger partial charge in [0.25, 0.3) is 0 Å². The molecule has 0 aliphatic carbocycles. The van der Waals surface area contributed by atoms with Crippen molar-refractivity contribution < 1.29 is 22.7 Å². The van der Waals surface area contributed by atoms with Gasteiger partial charge in [-0.3, -0.25) is 0 Å². The SMILES string of the molecule is O=S(=O)(c1ccccc1)N1CCC(O)(COc2cccc(F)c2)C1. The highest BCUT2D eigenvalue weighted by Gasteiger charge is 2.42. The summed E-state index contributed by atoms with van der Waals surface area (Å²) in [7, 11) is -3.64. The van der Waals surface area contributed by atoms with E-state index in [4.69, 9.17) is 4.74 Å². The van der Waals surface area contributed by atoms with Crippen molar-refractivity contribution in [3.05, 3.63) is 60.4 Å². The second kappa shape index (κ2) is 6.51. The van der Waals surface area contributed by atoms with Gasteiger partial charge in [0.2, 0.25) is 10.0 Å². The number of hydrogen-bond donors (Lipinski definition) is 1. The van der Waals surface area contributed by atoms with Crippen molar-refractivity contribution in [3.63, 3.8) is 0 Å². The van der Waals surface area contributed by atoms with E-state index in [1.165, 1.54) is 34.6 Å². The Labute approximate surface area is 140 Å². The van der Waals surface area contributed by atoms with Crippen LogP contribution in [-0.2, 0) is 10.0 Å². The normalized spacial score (nSPS) is 21.8. The van der Waals surface area contributed by atoms with E-state index in [9.17, 15) is 17.9 Å². The average molecular weight is 351 g/mol. The zero-order valence-corrected chi connectivity index (χ0v) is 13.7. The first-order chi connectivity index (χ1) is 11.4. The van der Waals surface area contributed by atoms with Crippen molar-refractivity contribution in [1.82, 2.24) is 4.31 Å². The molecule has 1 heterocycles. The third-order valence-electron chi connectivity index (χ3n) is 3.98. The Kier molecular flexibility index (Phi) is 4.58. The fourth-order valence-electron chi connectivity index (χ4n) is 2.66. The molecule has 2 aromatic rings. The lowest BCUT2D eigenvalue weighted by Crippen LogP contribution is -2.40. The molecule has 0 spiro atoms. The van der Waals surface area contributed by atoms with Gasteiger partial charge in [0.1, 0.15) is 23.8 Å². The molecule has 1 saturated heterocycles. The molecule has 0 aromatic heterocycles. The van der Waals surface area contributed by atoms with Gasteiger partial charge in [-0.1, -0.05) is 24.3 Å². The molecule has 0 bridgehead atoms. The Hall–Kier alpha value is -1.96. The number of halogens is 1. The Morgan fingerprint density at radius 3 is 2.62 bits per heavy atom. The Morgan fingerprint density at radius 1 is 1.17 bits per heavy atom. The zero-order chi connectivity index (χ0) is 17.2. The number of rotatable bonds is 5. The monoisotopic (exact) mass is 351 g/mol. The minimum atomic E-state index is -3.64. The largest absolute Gasteiger partial charge is 0.490 e. The van der Waals surface area contributed by atoms with Crippen LogP contribution in [0, 0.1) is 5.82 Å². The molecule has 7 heteroatoms. The average Bonchev–Trinajstić information content (AvgIpc) is 2.98. The van der Waals surface area contributed by atoms with E-state index in [1.54, 1.807) is 24.3 Å². The van der Waals surface area contributed by atoms with Gasteiger partial charge >= 0.3 is 0 Å². The van der Waals surface area contributed by atoms with Crippen LogP contribution in [0.4, 0.5) is 4.39 Å². The van der Waals surface area contributed by atoms with Gasteiger partial charge in [-0.25, -0.2) is 12.8 Å². The van der Waals surface area contributed by atoms with Crippen molar-refractivity contribution in [2.24, 2.45) is 0 Å². The van der Waals surface area contributed by atoms with Crippen molar-refractivity contribution in [3.8, 4) is 5.75 Å². The lowest BCUT2D eigenvalue weighted by Gasteiger charge is -2.23. The first-order valence-corrected chi connectivity index (χ1v) is 8.99. The third kappa shape index (κ3) is 3.58. The molecule has 0 amide bonds. The maximum absolute atomic E-state index is 13.1. The second-order valence-corrected chi connectivity index (χ2v) is 7.81. The summed E-state index contributed by atoms with van der Waals surface area (Å²) in [4.78, 5) is 0.195. The molecule has 1 N–H and O–H groups in total. The highest BCUT2D eigenvalue weighted by atomic mass is 32.2. The summed E-state index contributed by atoms with van der Waals surface area (Å²) in [6.07, 6.45) is 0.258. The maximum Gasteiger partial charge on any atom is 0.243 e. The second-order valence-electron chi connectivity index (χ2n) is 5.87. The van der Waals surface area contributed by atoms with Gasteiger partial charge in [-0.2, -0.15) is 4.31 Å². The van der Waals surface area contributed by atoms with Crippen molar-refractivity contribution in [1.29, 1.82) is 0 Å². The van der Waals surface area contributed by atoms with Crippen molar-refractivity contribution in [2.75, 3.05) is 19.7 Å². The molecule has 2 aromatic carbocycles. The maximum atomic E-state index is 13.1. The summed E-state index contributed by atoms with van der Waals surface area (Å²) < 4.78 is 44.9. The summed E-state index contributed by atoms with van der Waals surface area (Å²) in [5, 5.41) is 10.6. The summed E-state index contributed by atoms with van der Waals surface area (Å²) in [6.45, 7) is 0.0526. The Bertz CT molecular complexity index is 812. The molecule has 128 valence electrons. The molecule has 3 rings (SSSR count). The zero-order valence-electron chi connectivity index (χ0n) is 12.9. The Balaban J connectivity index is 1.68. The van der Waals surface area contributed by atoms with Crippen LogP contribution in [0.15, 0.2) is 59.5 Å². The standard InChI is InChI=1S/C17H18FNO4S/c18-14-5-4-6-15(11-14)23-13-17(20)9-10-19(12-17)24(21,22)16-7-2-1-3-8-16/h1-8,11,20H,9-10,12-13H2. The fourth-order valence-corrected chi connectivity index (χ4v) is 4.20. The van der Waals surface area contributed by atoms with E-state index in [2.05, 4.69) is 0 Å². The number of benzene rings is 2. The number of hydrogen-bond acceptors (Lipinski definition) is 4. The third-order valence-corrected chi connectivity index (χ3v) is 5.84. The van der Waals surface area contributed by atoms with Gasteiger partial charge in [0.15, 0.2) is 0 Å². The van der Waals surface area contributed by atoms with Crippen molar-refractivity contribution >= 4 is 10.0 Å². The molecule has 5 nitrogen and oxygen atoms in total. The van der Waals surface area contributed by atoms with Crippen LogP contribution in [-0.4, -0.2) is 43.1 Å². The van der Waals surface area contributed by atoms with Crippen LogP contribution in [0.1, 0.15) is 6.42 Å². The fraction of sp³-hybridized carbons (Fsp3) is 0.294. The molecular formula is C17H18FNO4S. The first-order valence-electron chi connectivity index (χ1n) is 7.55. The highest BCUT2D eigenvalue weighted by Crippen LogP contribution is 2.28. The van der Waals surface area contributed by atoms with Crippen LogP contribution in [0.3, 0.4) is 0 Å². The van der Waals surface area contributed by atoms with Gasteiger partial charge in [-0.05, 0) is 30.7 Å². The molecule has 0 saturated carbocycles. The molecule has 1 unspecified atom stereocenters. The predicted molar refractivity (Wildman–Crippen MR) is 86.7 cm³/mol. The summed E-state index contributed by atoms with van der Waals surface area (Å²) in [6, 6.07) is 13.7. The van der Waals surface area contributed by atoms with Crippen LogP contribution in [0.25, 0.3) is 0 Å². The topological polar surface area (TPSA) is 66.8 Å². The van der Waals surface area contributed by atoms with Crippen LogP contribution in [0.2, 0.25) is 0 Å². The molecule has 1 aliphatic heterocycles. The smallest absolute Gasteiger partial charge is 0.243 e. The van der Waals surface area contributed by atoms with E-state index in [0.717, 1.165) is 0 Å². The van der Waals surface area contributed by atoms with Crippen molar-refractivity contribution in [2.45, 2.75) is 16.9 Å². The number of sulfonamides is 1. The number of nitrogens with zero attached hydrogens (tertiary/aromatic N) is 1. The molecule has 1 atom stereocenters. The lowest BCUT2D eigenvalue weighted by atomic mass is 10.1. The molecule has 0 radical (unpaired) electrons. The molecule has 24 heavy (non-hydrogen) atoms. The summed E-state index contributed by atoms with van der Waals surface area (Å²) in [5.41, 5.74) is -1.30. The van der Waals surface area contributed by atoms with E-state index in [1.807, 2.05) is 0 Å². The van der Waals surface area contributed by atoms with Crippen LogP contribution in [0.5, 0.6) is 5.75 Å². The number of β-amino-alcohol motifs (C(OH)–C–C–N with tert-alkyl or cyclic N) is 1. The minimum Gasteiger partial charge on any atom is -0.490 e. The lowest BCUT2D eigenvalue weighted by molar-refractivity contribution is 0.00866. The predicted octanol–water partition coefficient (Wildman–Crippen LogP) is 2.03. The molecular weight excluding hydrogens is 333 g/mol. The Morgan fingerprint density at radius 2 is 1.92 bits per heavy atom. The van der Waals surface area contributed by atoms with E-state index >= 15 is 0 Å². The van der Waals surface area contributed by atoms with Gasteiger partial charge in [-0.15, -0.1) is 0 Å². The van der Waals surface area contributed by atoms with Gasteiger partial charge in [0, 0.05) is 19.2 Å². The van der Waals surface area contributed by atoms with Gasteiger partial charge in [0.05, 0.1) is 4.90 Å². The van der Waals surface area contributed by atoms with E-state index < -0.39 is 21.4 Å². The summed E-state index contributed by atoms with van der Waals surface area (Å²) >= 11 is 0. The first kappa shape index (κ1) is 16.9. The van der Waals surface area contributed by atoms with Crippen LogP contribution < -0.4 is 4.74 Å². The number of aliphatic hydroxyl groups is 1. The minimum absolute atomic E-state index is 0.0560. The van der Waals surface area contributed by atoms with E-state index in [0.29, 0.717) is 5.75 Å². The highest BCUT2D eigenvalue weighted by molar-refractivity contribution is 7.89. The number of ether oxygens (including phenoxy) is 1. The summed E-state index contributed by atoms with van der Waals surface area (Å²) in [5.74, 6) is -0.132. The van der Waals surface area contributed by atoms with Crippen LogP contribution >= 0.6 is 0 Å².